The Bertz CT molecular complexity index is 754. The van der Waals surface area contributed by atoms with E-state index in [0.717, 1.165) is 54.9 Å². The van der Waals surface area contributed by atoms with Crippen molar-refractivity contribution in [3.05, 3.63) is 35.4 Å². The predicted molar refractivity (Wildman–Crippen MR) is 97.7 cm³/mol. The highest BCUT2D eigenvalue weighted by Crippen LogP contribution is 2.48. The minimum atomic E-state index is -0.124. The van der Waals surface area contributed by atoms with Gasteiger partial charge in [-0.05, 0) is 74.3 Å². The van der Waals surface area contributed by atoms with Gasteiger partial charge in [-0.15, -0.1) is 10.2 Å². The number of hydrogen-bond donors (Lipinski definition) is 2. The van der Waals surface area contributed by atoms with Gasteiger partial charge in [0, 0.05) is 18.7 Å². The standard InChI is InChI=1S/C20H25N3O2/c1-13-8-14(2)19(17(25)9-13)16-4-5-18(22-21-16)23-7-3-6-20(12-23)10-15(24)11-20/h4-5,8-9,15,24-25H,3,6-7,10-12H2,1-2H3. The van der Waals surface area contributed by atoms with Crippen LogP contribution in [0.15, 0.2) is 24.3 Å². The second-order valence-corrected chi connectivity index (χ2v) is 7.84. The second-order valence-electron chi connectivity index (χ2n) is 7.84. The fourth-order valence-electron chi connectivity index (χ4n) is 4.58. The fourth-order valence-corrected chi connectivity index (χ4v) is 4.58. The van der Waals surface area contributed by atoms with Crippen LogP contribution in [0.25, 0.3) is 11.3 Å². The Labute approximate surface area is 148 Å². The molecule has 5 nitrogen and oxygen atoms in total. The van der Waals surface area contributed by atoms with Gasteiger partial charge in [-0.1, -0.05) is 6.07 Å². The maximum Gasteiger partial charge on any atom is 0.151 e. The van der Waals surface area contributed by atoms with Crippen LogP contribution in [0.5, 0.6) is 5.75 Å². The quantitative estimate of drug-likeness (QED) is 0.879. The van der Waals surface area contributed by atoms with Crippen molar-refractivity contribution in [1.82, 2.24) is 10.2 Å². The number of phenols is 1. The summed E-state index contributed by atoms with van der Waals surface area (Å²) < 4.78 is 0. The number of aliphatic hydroxyl groups is 1. The van der Waals surface area contributed by atoms with Crippen LogP contribution in [0.2, 0.25) is 0 Å². The van der Waals surface area contributed by atoms with E-state index in [0.29, 0.717) is 5.69 Å². The van der Waals surface area contributed by atoms with Crippen LogP contribution in [0.3, 0.4) is 0 Å². The van der Waals surface area contributed by atoms with Gasteiger partial charge in [-0.25, -0.2) is 0 Å². The van der Waals surface area contributed by atoms with Gasteiger partial charge in [-0.3, -0.25) is 0 Å². The number of anilines is 1. The van der Waals surface area contributed by atoms with E-state index >= 15 is 0 Å². The number of aromatic nitrogens is 2. The Morgan fingerprint density at radius 2 is 1.96 bits per heavy atom. The van der Waals surface area contributed by atoms with E-state index < -0.39 is 0 Å². The maximum absolute atomic E-state index is 10.3. The van der Waals surface area contributed by atoms with Crippen LogP contribution in [0, 0.1) is 19.3 Å². The van der Waals surface area contributed by atoms with Crippen molar-refractivity contribution >= 4 is 5.82 Å². The predicted octanol–water partition coefficient (Wildman–Crippen LogP) is 3.21. The highest BCUT2D eigenvalue weighted by Gasteiger charge is 2.46. The zero-order valence-corrected chi connectivity index (χ0v) is 14.9. The molecule has 1 aliphatic heterocycles. The molecule has 0 bridgehead atoms. The molecule has 0 amide bonds. The van der Waals surface area contributed by atoms with E-state index in [9.17, 15) is 10.2 Å². The monoisotopic (exact) mass is 339 g/mol. The molecule has 1 aliphatic carbocycles. The van der Waals surface area contributed by atoms with Crippen molar-refractivity contribution in [1.29, 1.82) is 0 Å². The highest BCUT2D eigenvalue weighted by atomic mass is 16.3. The maximum atomic E-state index is 10.3. The lowest BCUT2D eigenvalue weighted by molar-refractivity contribution is -0.0396. The molecule has 2 heterocycles. The molecule has 2 fully saturated rings. The van der Waals surface area contributed by atoms with E-state index in [-0.39, 0.29) is 17.3 Å². The van der Waals surface area contributed by atoms with E-state index in [1.165, 1.54) is 6.42 Å². The third-order valence-electron chi connectivity index (χ3n) is 5.69. The number of piperidine rings is 1. The molecule has 4 rings (SSSR count). The summed E-state index contributed by atoms with van der Waals surface area (Å²) >= 11 is 0. The van der Waals surface area contributed by atoms with Gasteiger partial charge in [0.15, 0.2) is 5.82 Å². The molecular formula is C20H25N3O2. The van der Waals surface area contributed by atoms with Gasteiger partial charge in [0.25, 0.3) is 0 Å². The van der Waals surface area contributed by atoms with Gasteiger partial charge in [0.2, 0.25) is 0 Å². The molecule has 2 aliphatic rings. The first-order valence-electron chi connectivity index (χ1n) is 9.03. The smallest absolute Gasteiger partial charge is 0.151 e. The third-order valence-corrected chi connectivity index (χ3v) is 5.69. The average Bonchev–Trinajstić information content (AvgIpc) is 2.53. The minimum absolute atomic E-state index is 0.124. The van der Waals surface area contributed by atoms with Crippen LogP contribution >= 0.6 is 0 Å². The van der Waals surface area contributed by atoms with Crippen LogP contribution in [0.1, 0.15) is 36.8 Å². The molecule has 0 atom stereocenters. The Kier molecular flexibility index (Phi) is 3.91. The lowest BCUT2D eigenvalue weighted by Crippen LogP contribution is -2.52. The van der Waals surface area contributed by atoms with Crippen molar-refractivity contribution < 1.29 is 10.2 Å². The number of benzene rings is 1. The first kappa shape index (κ1) is 16.3. The molecule has 5 heteroatoms. The van der Waals surface area contributed by atoms with E-state index in [1.807, 2.05) is 32.0 Å². The van der Waals surface area contributed by atoms with Crippen molar-refractivity contribution in [2.45, 2.75) is 45.6 Å². The molecule has 1 saturated heterocycles. The number of phenolic OH excluding ortho intramolecular Hbond substituents is 1. The Balaban J connectivity index is 1.57. The third kappa shape index (κ3) is 2.97. The summed E-state index contributed by atoms with van der Waals surface area (Å²) in [4.78, 5) is 2.29. The SMILES string of the molecule is Cc1cc(C)c(-c2ccc(N3CCCC4(CC(O)C4)C3)nn2)c(O)c1. The Morgan fingerprint density at radius 1 is 1.16 bits per heavy atom. The van der Waals surface area contributed by atoms with Crippen LogP contribution in [0.4, 0.5) is 5.82 Å². The summed E-state index contributed by atoms with van der Waals surface area (Å²) in [6.07, 6.45) is 4.02. The topological polar surface area (TPSA) is 69.5 Å². The molecule has 1 spiro atoms. The summed E-state index contributed by atoms with van der Waals surface area (Å²) in [5.41, 5.74) is 3.75. The van der Waals surface area contributed by atoms with Gasteiger partial charge in [0.1, 0.15) is 5.75 Å². The molecule has 1 aromatic carbocycles. The zero-order chi connectivity index (χ0) is 17.6. The second kappa shape index (κ2) is 5.99. The van der Waals surface area contributed by atoms with Crippen LogP contribution in [-0.4, -0.2) is 39.6 Å². The summed E-state index contributed by atoms with van der Waals surface area (Å²) in [6, 6.07) is 7.74. The average molecular weight is 339 g/mol. The fraction of sp³-hybridized carbons (Fsp3) is 0.500. The van der Waals surface area contributed by atoms with E-state index in [4.69, 9.17) is 0 Å². The van der Waals surface area contributed by atoms with Crippen molar-refractivity contribution in [2.24, 2.45) is 5.41 Å². The van der Waals surface area contributed by atoms with Gasteiger partial charge in [-0.2, -0.15) is 0 Å². The van der Waals surface area contributed by atoms with Crippen molar-refractivity contribution in [3.8, 4) is 17.0 Å². The number of aliphatic hydroxyl groups excluding tert-OH is 1. The van der Waals surface area contributed by atoms with Crippen molar-refractivity contribution in [3.63, 3.8) is 0 Å². The Morgan fingerprint density at radius 3 is 2.60 bits per heavy atom. The zero-order valence-electron chi connectivity index (χ0n) is 14.9. The van der Waals surface area contributed by atoms with Crippen LogP contribution < -0.4 is 4.90 Å². The van der Waals surface area contributed by atoms with E-state index in [1.54, 1.807) is 6.07 Å². The Hall–Kier alpha value is -2.14. The highest BCUT2D eigenvalue weighted by molar-refractivity contribution is 5.71. The molecule has 0 radical (unpaired) electrons. The summed E-state index contributed by atoms with van der Waals surface area (Å²) in [6.45, 7) is 5.89. The first-order valence-corrected chi connectivity index (χ1v) is 9.03. The first-order chi connectivity index (χ1) is 12.0. The molecule has 1 saturated carbocycles. The summed E-state index contributed by atoms with van der Waals surface area (Å²) in [7, 11) is 0. The number of aryl methyl sites for hydroxylation is 2. The molecule has 132 valence electrons. The summed E-state index contributed by atoms with van der Waals surface area (Å²) in [5.74, 6) is 1.13. The van der Waals surface area contributed by atoms with Crippen LogP contribution in [-0.2, 0) is 0 Å². The largest absolute Gasteiger partial charge is 0.507 e. The van der Waals surface area contributed by atoms with E-state index in [2.05, 4.69) is 15.1 Å². The number of nitrogens with zero attached hydrogens (tertiary/aromatic N) is 3. The number of hydrogen-bond acceptors (Lipinski definition) is 5. The number of aromatic hydroxyl groups is 1. The lowest BCUT2D eigenvalue weighted by Gasteiger charge is -2.51. The molecule has 1 aromatic heterocycles. The molecule has 0 unspecified atom stereocenters. The van der Waals surface area contributed by atoms with Gasteiger partial charge >= 0.3 is 0 Å². The van der Waals surface area contributed by atoms with Gasteiger partial charge in [0.05, 0.1) is 11.8 Å². The molecule has 2 aromatic rings. The van der Waals surface area contributed by atoms with Gasteiger partial charge < -0.3 is 15.1 Å². The lowest BCUT2D eigenvalue weighted by atomic mass is 9.62. The minimum Gasteiger partial charge on any atom is -0.507 e. The number of rotatable bonds is 2. The molecule has 2 N–H and O–H groups in total. The molecular weight excluding hydrogens is 314 g/mol. The summed E-state index contributed by atoms with van der Waals surface area (Å²) in [5, 5.41) is 28.8. The normalized spacial score (nSPS) is 25.9. The van der Waals surface area contributed by atoms with Crippen molar-refractivity contribution in [2.75, 3.05) is 18.0 Å². The molecule has 25 heavy (non-hydrogen) atoms.